The van der Waals surface area contributed by atoms with Crippen molar-refractivity contribution in [3.63, 3.8) is 0 Å². The molecule has 27 heavy (non-hydrogen) atoms. The van der Waals surface area contributed by atoms with Gasteiger partial charge in [-0.1, -0.05) is 6.92 Å². The van der Waals surface area contributed by atoms with Gasteiger partial charge in [0.15, 0.2) is 5.23 Å². The first-order valence-electron chi connectivity index (χ1n) is 8.27. The first-order valence-corrected chi connectivity index (χ1v) is 10.9. The predicted molar refractivity (Wildman–Crippen MR) is 107 cm³/mol. The number of hydrogen-bond donors (Lipinski definition) is 0. The number of fused-ring (bicyclic) bond motifs is 1. The molecule has 1 aliphatic heterocycles. The summed E-state index contributed by atoms with van der Waals surface area (Å²) in [5, 5.41) is 18.1. The fourth-order valence-electron chi connectivity index (χ4n) is 3.28. The quantitative estimate of drug-likeness (QED) is 0.466. The maximum Gasteiger partial charge on any atom is 0.223 e. The molecule has 1 atom stereocenters. The molecule has 4 heterocycles. The Morgan fingerprint density at radius 3 is 2.96 bits per heavy atom. The highest BCUT2D eigenvalue weighted by atomic mass is 35.5. The van der Waals surface area contributed by atoms with Gasteiger partial charge in [-0.25, -0.2) is 19.1 Å². The van der Waals surface area contributed by atoms with Crippen molar-refractivity contribution in [3.05, 3.63) is 29.1 Å². The van der Waals surface area contributed by atoms with E-state index < -0.39 is 16.2 Å². The van der Waals surface area contributed by atoms with Crippen LogP contribution in [0.5, 0.6) is 0 Å². The first kappa shape index (κ1) is 18.3. The van der Waals surface area contributed by atoms with Crippen LogP contribution in [0.25, 0.3) is 21.5 Å². The minimum Gasteiger partial charge on any atom is -0.262 e. The van der Waals surface area contributed by atoms with E-state index in [-0.39, 0.29) is 5.28 Å². The van der Waals surface area contributed by atoms with Crippen LogP contribution in [0.2, 0.25) is 5.28 Å². The number of halogens is 1. The number of thiophene rings is 1. The molecule has 0 bridgehead atoms. The largest absolute Gasteiger partial charge is 0.262 e. The van der Waals surface area contributed by atoms with Crippen LogP contribution in [0.15, 0.2) is 23.8 Å². The van der Waals surface area contributed by atoms with Crippen LogP contribution in [-0.2, 0) is 10.3 Å². The number of nitriles is 1. The Kier molecular flexibility index (Phi) is 4.84. The molecule has 1 fully saturated rings. The molecule has 0 saturated carbocycles. The summed E-state index contributed by atoms with van der Waals surface area (Å²) in [5.74, 6) is 0.728. The molecule has 4 rings (SSSR count). The van der Waals surface area contributed by atoms with Crippen LogP contribution in [-0.4, -0.2) is 48.1 Å². The molecule has 0 N–H and O–H groups in total. The highest BCUT2D eigenvalue weighted by Crippen LogP contribution is 2.40. The smallest absolute Gasteiger partial charge is 0.223 e. The maximum absolute atomic E-state index is 11.1. The molecule has 0 aromatic carbocycles. The van der Waals surface area contributed by atoms with E-state index in [9.17, 15) is 10.1 Å². The Hall–Kier alpha value is -2.08. The standard InChI is InChI=1S/C17H15ClN6OS2/c1-2-27(11-25)23-9-17(10-23,4-5-19)24-8-12(7-20-24)14-15-13(3-6-26-15)21-16(18)22-14/h3,6-8H,2,4,9-10H2,1H3. The molecule has 0 aliphatic carbocycles. The van der Waals surface area contributed by atoms with Crippen LogP contribution in [0.3, 0.4) is 0 Å². The second-order valence-corrected chi connectivity index (χ2v) is 9.49. The third-order valence-corrected chi connectivity index (χ3v) is 7.35. The van der Waals surface area contributed by atoms with Crippen molar-refractivity contribution in [2.24, 2.45) is 0 Å². The summed E-state index contributed by atoms with van der Waals surface area (Å²) in [7, 11) is -0.525. The van der Waals surface area contributed by atoms with E-state index in [1.807, 2.05) is 29.2 Å². The molecule has 138 valence electrons. The SMILES string of the molecule is CCS(=C=O)N1CC(CC#N)(n2cc(-c3nc(Cl)nc4ccsc34)cn2)C1. The second kappa shape index (κ2) is 7.15. The lowest BCUT2D eigenvalue weighted by Gasteiger charge is -2.48. The molecule has 0 radical (unpaired) electrons. The summed E-state index contributed by atoms with van der Waals surface area (Å²) >= 11 is 7.62. The monoisotopic (exact) mass is 418 g/mol. The average molecular weight is 419 g/mol. The lowest BCUT2D eigenvalue weighted by atomic mass is 9.89. The summed E-state index contributed by atoms with van der Waals surface area (Å²) in [6.45, 7) is 3.18. The van der Waals surface area contributed by atoms with Gasteiger partial charge in [-0.05, 0) is 33.7 Å². The fraction of sp³-hybridized carbons (Fsp3) is 0.353. The van der Waals surface area contributed by atoms with Crippen LogP contribution in [0.1, 0.15) is 13.3 Å². The highest BCUT2D eigenvalue weighted by molar-refractivity contribution is 8.12. The van der Waals surface area contributed by atoms with Gasteiger partial charge >= 0.3 is 0 Å². The molecule has 1 unspecified atom stereocenters. The normalized spacial score (nSPS) is 17.2. The summed E-state index contributed by atoms with van der Waals surface area (Å²) in [4.78, 5) is 19.7. The predicted octanol–water partition coefficient (Wildman–Crippen LogP) is 3.40. The molecule has 10 heteroatoms. The Morgan fingerprint density at radius 1 is 1.44 bits per heavy atom. The maximum atomic E-state index is 11.1. The Labute approximate surface area is 167 Å². The van der Waals surface area contributed by atoms with Crippen molar-refractivity contribution in [2.75, 3.05) is 18.8 Å². The van der Waals surface area contributed by atoms with Gasteiger partial charge in [0.05, 0.1) is 34.6 Å². The van der Waals surface area contributed by atoms with Gasteiger partial charge in [0, 0.05) is 30.6 Å². The zero-order valence-electron chi connectivity index (χ0n) is 14.4. The number of carbonyl (C=O) groups excluding carboxylic acids is 1. The van der Waals surface area contributed by atoms with E-state index in [4.69, 9.17) is 11.6 Å². The zero-order valence-corrected chi connectivity index (χ0v) is 16.8. The van der Waals surface area contributed by atoms with Crippen LogP contribution in [0, 0.1) is 11.3 Å². The summed E-state index contributed by atoms with van der Waals surface area (Å²) in [6, 6.07) is 4.17. The van der Waals surface area contributed by atoms with Crippen LogP contribution >= 0.6 is 33.6 Å². The van der Waals surface area contributed by atoms with E-state index in [0.717, 1.165) is 27.2 Å². The van der Waals surface area contributed by atoms with Gasteiger partial charge < -0.3 is 0 Å². The Balaban J connectivity index is 1.70. The van der Waals surface area contributed by atoms with Crippen molar-refractivity contribution in [1.29, 1.82) is 5.26 Å². The van der Waals surface area contributed by atoms with Crippen molar-refractivity contribution < 1.29 is 4.79 Å². The highest BCUT2D eigenvalue weighted by Gasteiger charge is 2.46. The molecule has 0 amide bonds. The van der Waals surface area contributed by atoms with E-state index in [2.05, 4.69) is 30.7 Å². The summed E-state index contributed by atoms with van der Waals surface area (Å²) < 4.78 is 4.84. The lowest BCUT2D eigenvalue weighted by Crippen LogP contribution is -2.60. The number of rotatable bonds is 5. The summed E-state index contributed by atoms with van der Waals surface area (Å²) in [6.07, 6.45) is 3.97. The third-order valence-electron chi connectivity index (χ3n) is 4.65. The van der Waals surface area contributed by atoms with Crippen molar-refractivity contribution in [3.8, 4) is 17.3 Å². The molecule has 7 nitrogen and oxygen atoms in total. The second-order valence-electron chi connectivity index (χ2n) is 6.24. The van der Waals surface area contributed by atoms with Crippen LogP contribution in [0.4, 0.5) is 0 Å². The molecule has 1 aliphatic rings. The van der Waals surface area contributed by atoms with Gasteiger partial charge in [0.1, 0.15) is 5.54 Å². The van der Waals surface area contributed by atoms with Gasteiger partial charge in [-0.2, -0.15) is 10.4 Å². The van der Waals surface area contributed by atoms with Gasteiger partial charge in [-0.15, -0.1) is 11.3 Å². The molecular formula is C17H15ClN6OS2. The van der Waals surface area contributed by atoms with Gasteiger partial charge in [-0.3, -0.25) is 4.68 Å². The van der Waals surface area contributed by atoms with Crippen molar-refractivity contribution in [1.82, 2.24) is 24.1 Å². The van der Waals surface area contributed by atoms with E-state index in [1.54, 1.807) is 17.5 Å². The Bertz CT molecular complexity index is 1100. The Morgan fingerprint density at radius 2 is 2.26 bits per heavy atom. The zero-order chi connectivity index (χ0) is 19.0. The molecule has 3 aromatic heterocycles. The van der Waals surface area contributed by atoms with Crippen molar-refractivity contribution >= 4 is 49.1 Å². The first-order chi connectivity index (χ1) is 13.1. The number of nitrogens with zero attached hydrogens (tertiary/aromatic N) is 6. The average Bonchev–Trinajstić information content (AvgIpc) is 3.29. The topological polar surface area (TPSA) is 87.7 Å². The molecular weight excluding hydrogens is 404 g/mol. The van der Waals surface area contributed by atoms with E-state index in [1.165, 1.54) is 0 Å². The molecule has 1 saturated heterocycles. The fourth-order valence-corrected chi connectivity index (χ4v) is 5.68. The number of hydrogen-bond acceptors (Lipinski definition) is 7. The number of aromatic nitrogens is 4. The minimum absolute atomic E-state index is 0.193. The van der Waals surface area contributed by atoms with Gasteiger partial charge in [0.2, 0.25) is 5.28 Å². The molecule has 3 aromatic rings. The van der Waals surface area contributed by atoms with Gasteiger partial charge in [0.25, 0.3) is 0 Å². The lowest BCUT2D eigenvalue weighted by molar-refractivity contribution is 0.0807. The minimum atomic E-state index is -0.525. The summed E-state index contributed by atoms with van der Waals surface area (Å²) in [5.41, 5.74) is 1.94. The third kappa shape index (κ3) is 3.10. The molecule has 0 spiro atoms. The van der Waals surface area contributed by atoms with Crippen LogP contribution < -0.4 is 0 Å². The van der Waals surface area contributed by atoms with E-state index in [0.29, 0.717) is 19.5 Å². The van der Waals surface area contributed by atoms with E-state index >= 15 is 0 Å². The van der Waals surface area contributed by atoms with Crippen molar-refractivity contribution in [2.45, 2.75) is 18.9 Å².